The molecular weight excluding hydrogens is 296 g/mol. The van der Waals surface area contributed by atoms with Gasteiger partial charge in [0.15, 0.2) is 11.5 Å². The summed E-state index contributed by atoms with van der Waals surface area (Å²) in [7, 11) is 0. The van der Waals surface area contributed by atoms with Gasteiger partial charge in [0.25, 0.3) is 5.91 Å². The van der Waals surface area contributed by atoms with Gasteiger partial charge >= 0.3 is 0 Å². The molecule has 4 rings (SSSR count). The average molecular weight is 318 g/mol. The first-order valence-corrected chi connectivity index (χ1v) is 8.27. The van der Waals surface area contributed by atoms with Crippen LogP contribution in [-0.2, 0) is 4.74 Å². The van der Waals surface area contributed by atoms with Gasteiger partial charge in [-0.1, -0.05) is 6.07 Å². The first kappa shape index (κ1) is 14.8. The minimum atomic E-state index is 0.0376. The van der Waals surface area contributed by atoms with Crippen molar-refractivity contribution >= 4 is 5.91 Å². The lowest BCUT2D eigenvalue weighted by Crippen LogP contribution is -2.49. The summed E-state index contributed by atoms with van der Waals surface area (Å²) in [6.07, 6.45) is 1.01. The number of likely N-dealkylation sites (tertiary alicyclic amines) is 1. The second kappa shape index (κ2) is 6.02. The van der Waals surface area contributed by atoms with Gasteiger partial charge in [-0.3, -0.25) is 9.69 Å². The summed E-state index contributed by atoms with van der Waals surface area (Å²) >= 11 is 0. The van der Waals surface area contributed by atoms with E-state index in [2.05, 4.69) is 11.8 Å². The lowest BCUT2D eigenvalue weighted by molar-refractivity contribution is 0.0104. The van der Waals surface area contributed by atoms with Crippen LogP contribution in [0.3, 0.4) is 0 Å². The Morgan fingerprint density at radius 3 is 2.83 bits per heavy atom. The fourth-order valence-electron chi connectivity index (χ4n) is 3.86. The Kier molecular flexibility index (Phi) is 3.87. The third kappa shape index (κ3) is 2.56. The number of carbonyl (C=O) groups excluding carboxylic acids is 1. The summed E-state index contributed by atoms with van der Waals surface area (Å²) in [6.45, 7) is 6.59. The number of rotatable bonds is 2. The van der Waals surface area contributed by atoms with Crippen molar-refractivity contribution in [1.29, 1.82) is 0 Å². The van der Waals surface area contributed by atoms with Crippen molar-refractivity contribution in [3.63, 3.8) is 0 Å². The molecule has 3 heterocycles. The van der Waals surface area contributed by atoms with Crippen molar-refractivity contribution in [1.82, 2.24) is 9.80 Å². The second-order valence-corrected chi connectivity index (χ2v) is 6.28. The first-order chi connectivity index (χ1) is 11.3. The number of carbonyl (C=O) groups is 1. The molecule has 1 aromatic carbocycles. The normalized spacial score (nSPS) is 27.4. The van der Waals surface area contributed by atoms with Crippen LogP contribution in [-0.4, -0.2) is 67.4 Å². The summed E-state index contributed by atoms with van der Waals surface area (Å²) in [5.74, 6) is 1.28. The van der Waals surface area contributed by atoms with Crippen molar-refractivity contribution in [3.05, 3.63) is 23.8 Å². The van der Waals surface area contributed by atoms with E-state index in [4.69, 9.17) is 14.2 Å². The quantitative estimate of drug-likeness (QED) is 0.824. The molecule has 0 bridgehead atoms. The molecule has 1 aromatic rings. The highest BCUT2D eigenvalue weighted by Gasteiger charge is 2.39. The van der Waals surface area contributed by atoms with Crippen LogP contribution in [0.15, 0.2) is 18.2 Å². The Hall–Kier alpha value is -1.79. The molecule has 0 saturated carbocycles. The van der Waals surface area contributed by atoms with Crippen LogP contribution in [0.2, 0.25) is 0 Å². The Labute approximate surface area is 135 Å². The van der Waals surface area contributed by atoms with Gasteiger partial charge in [-0.2, -0.15) is 0 Å². The molecule has 23 heavy (non-hydrogen) atoms. The van der Waals surface area contributed by atoms with E-state index in [1.165, 1.54) is 0 Å². The summed E-state index contributed by atoms with van der Waals surface area (Å²) in [6, 6.07) is 6.12. The van der Waals surface area contributed by atoms with E-state index in [1.54, 1.807) is 0 Å². The van der Waals surface area contributed by atoms with E-state index in [0.29, 0.717) is 23.1 Å². The van der Waals surface area contributed by atoms with Gasteiger partial charge < -0.3 is 19.1 Å². The van der Waals surface area contributed by atoms with Gasteiger partial charge in [0.2, 0.25) is 6.79 Å². The highest BCUT2D eigenvalue weighted by molar-refractivity contribution is 5.98. The van der Waals surface area contributed by atoms with Gasteiger partial charge in [-0.25, -0.2) is 0 Å². The number of nitrogens with zero attached hydrogens (tertiary/aromatic N) is 2. The number of ether oxygens (including phenoxy) is 3. The van der Waals surface area contributed by atoms with Gasteiger partial charge in [0.05, 0.1) is 18.8 Å². The number of para-hydroxylation sites is 1. The van der Waals surface area contributed by atoms with Gasteiger partial charge in [0.1, 0.15) is 0 Å². The van der Waals surface area contributed by atoms with Gasteiger partial charge in [0, 0.05) is 31.7 Å². The zero-order chi connectivity index (χ0) is 15.8. The van der Waals surface area contributed by atoms with E-state index in [0.717, 1.165) is 39.3 Å². The second-order valence-electron chi connectivity index (χ2n) is 6.28. The molecule has 6 heteroatoms. The molecular formula is C17H22N2O4. The zero-order valence-electron chi connectivity index (χ0n) is 13.4. The van der Waals surface area contributed by atoms with E-state index in [-0.39, 0.29) is 18.7 Å². The lowest BCUT2D eigenvalue weighted by atomic mass is 10.1. The van der Waals surface area contributed by atoms with E-state index in [9.17, 15) is 4.79 Å². The molecule has 124 valence electrons. The standard InChI is InChI=1S/C17H22N2O4/c1-12-14(18-7-9-21-10-8-18)5-6-19(12)17(20)13-3-2-4-15-16(13)23-11-22-15/h2-4,12,14H,5-11H2,1H3/t12-,14-/m1/s1. The highest BCUT2D eigenvalue weighted by Crippen LogP contribution is 2.37. The number of hydrogen-bond donors (Lipinski definition) is 0. The van der Waals surface area contributed by atoms with Crippen molar-refractivity contribution in [2.75, 3.05) is 39.6 Å². The molecule has 3 aliphatic heterocycles. The lowest BCUT2D eigenvalue weighted by Gasteiger charge is -2.35. The first-order valence-electron chi connectivity index (χ1n) is 8.27. The monoisotopic (exact) mass is 318 g/mol. The third-order valence-corrected chi connectivity index (χ3v) is 5.12. The SMILES string of the molecule is C[C@@H]1[C@H](N2CCOCC2)CCN1C(=O)c1cccc2c1OCO2. The summed E-state index contributed by atoms with van der Waals surface area (Å²) in [4.78, 5) is 17.4. The molecule has 0 N–H and O–H groups in total. The fourth-order valence-corrected chi connectivity index (χ4v) is 3.86. The largest absolute Gasteiger partial charge is 0.454 e. The highest BCUT2D eigenvalue weighted by atomic mass is 16.7. The predicted octanol–water partition coefficient (Wildman–Crippen LogP) is 1.35. The smallest absolute Gasteiger partial charge is 0.258 e. The maximum absolute atomic E-state index is 13.0. The summed E-state index contributed by atoms with van der Waals surface area (Å²) in [5, 5.41) is 0. The van der Waals surface area contributed by atoms with Crippen molar-refractivity contribution in [3.8, 4) is 11.5 Å². The number of fused-ring (bicyclic) bond motifs is 1. The van der Waals surface area contributed by atoms with Crippen LogP contribution >= 0.6 is 0 Å². The topological polar surface area (TPSA) is 51.2 Å². The Balaban J connectivity index is 1.52. The molecule has 1 amide bonds. The molecule has 0 radical (unpaired) electrons. The van der Waals surface area contributed by atoms with Crippen LogP contribution in [0.25, 0.3) is 0 Å². The predicted molar refractivity (Wildman–Crippen MR) is 83.9 cm³/mol. The molecule has 2 saturated heterocycles. The van der Waals surface area contributed by atoms with Gasteiger partial charge in [-0.15, -0.1) is 0 Å². The number of morpholine rings is 1. The third-order valence-electron chi connectivity index (χ3n) is 5.12. The van der Waals surface area contributed by atoms with Crippen LogP contribution in [0, 0.1) is 0 Å². The Bertz CT molecular complexity index is 600. The zero-order valence-corrected chi connectivity index (χ0v) is 13.4. The van der Waals surface area contributed by atoms with Gasteiger partial charge in [-0.05, 0) is 25.5 Å². The minimum absolute atomic E-state index is 0.0376. The van der Waals surface area contributed by atoms with Crippen LogP contribution in [0.1, 0.15) is 23.7 Å². The number of amides is 1. The molecule has 2 fully saturated rings. The molecule has 6 nitrogen and oxygen atoms in total. The minimum Gasteiger partial charge on any atom is -0.454 e. The molecule has 0 spiro atoms. The molecule has 0 unspecified atom stereocenters. The van der Waals surface area contributed by atoms with Crippen molar-refractivity contribution < 1.29 is 19.0 Å². The van der Waals surface area contributed by atoms with Crippen molar-refractivity contribution in [2.45, 2.75) is 25.4 Å². The van der Waals surface area contributed by atoms with Crippen LogP contribution in [0.4, 0.5) is 0 Å². The molecule has 2 atom stereocenters. The maximum Gasteiger partial charge on any atom is 0.258 e. The van der Waals surface area contributed by atoms with Crippen molar-refractivity contribution in [2.24, 2.45) is 0 Å². The summed E-state index contributed by atoms with van der Waals surface area (Å²) in [5.41, 5.74) is 0.606. The van der Waals surface area contributed by atoms with E-state index >= 15 is 0 Å². The number of hydrogen-bond acceptors (Lipinski definition) is 5. The molecule has 3 aliphatic rings. The maximum atomic E-state index is 13.0. The summed E-state index contributed by atoms with van der Waals surface area (Å²) < 4.78 is 16.3. The fraction of sp³-hybridized carbons (Fsp3) is 0.588. The molecule has 0 aromatic heterocycles. The Morgan fingerprint density at radius 1 is 1.17 bits per heavy atom. The van der Waals surface area contributed by atoms with Crippen LogP contribution in [0.5, 0.6) is 11.5 Å². The van der Waals surface area contributed by atoms with Crippen LogP contribution < -0.4 is 9.47 Å². The molecule has 0 aliphatic carbocycles. The Morgan fingerprint density at radius 2 is 2.00 bits per heavy atom. The van der Waals surface area contributed by atoms with E-state index < -0.39 is 0 Å². The number of benzene rings is 1. The van der Waals surface area contributed by atoms with E-state index in [1.807, 2.05) is 23.1 Å². The average Bonchev–Trinajstić information content (AvgIpc) is 3.21.